The van der Waals surface area contributed by atoms with Gasteiger partial charge in [0, 0.05) is 6.42 Å². The number of rotatable bonds is 3. The SMILES string of the molecule is O=C(CCC(F)(F)F)c1sccc1Cl. The van der Waals surface area contributed by atoms with Gasteiger partial charge in [-0.25, -0.2) is 0 Å². The predicted octanol–water partition coefficient (Wildman–Crippen LogP) is 3.93. The average molecular weight is 243 g/mol. The third kappa shape index (κ3) is 3.31. The zero-order valence-electron chi connectivity index (χ0n) is 6.90. The second kappa shape index (κ2) is 4.31. The van der Waals surface area contributed by atoms with Gasteiger partial charge in [-0.3, -0.25) is 4.79 Å². The summed E-state index contributed by atoms with van der Waals surface area (Å²) < 4.78 is 35.3. The Hall–Kier alpha value is -0.550. The zero-order chi connectivity index (χ0) is 10.8. The van der Waals surface area contributed by atoms with E-state index in [0.29, 0.717) is 0 Å². The molecule has 0 aliphatic rings. The summed E-state index contributed by atoms with van der Waals surface area (Å²) >= 11 is 6.65. The molecule has 0 aromatic carbocycles. The van der Waals surface area contributed by atoms with Crippen LogP contribution < -0.4 is 0 Å². The first-order chi connectivity index (χ1) is 6.40. The Bertz CT molecular complexity index is 332. The molecular formula is C8H6ClF3OS. The molecule has 1 nitrogen and oxygen atoms in total. The van der Waals surface area contributed by atoms with E-state index in [1.165, 1.54) is 6.07 Å². The van der Waals surface area contributed by atoms with Crippen molar-refractivity contribution in [3.05, 3.63) is 21.3 Å². The van der Waals surface area contributed by atoms with Crippen LogP contribution in [0.1, 0.15) is 22.5 Å². The van der Waals surface area contributed by atoms with Crippen LogP contribution in [-0.4, -0.2) is 12.0 Å². The van der Waals surface area contributed by atoms with Crippen molar-refractivity contribution in [2.45, 2.75) is 19.0 Å². The van der Waals surface area contributed by atoms with E-state index in [-0.39, 0.29) is 9.90 Å². The normalized spacial score (nSPS) is 11.7. The zero-order valence-corrected chi connectivity index (χ0v) is 8.47. The number of carbonyl (C=O) groups is 1. The third-order valence-electron chi connectivity index (χ3n) is 1.51. The van der Waals surface area contributed by atoms with E-state index in [1.807, 2.05) is 0 Å². The molecule has 0 N–H and O–H groups in total. The van der Waals surface area contributed by atoms with E-state index in [1.54, 1.807) is 5.38 Å². The molecule has 78 valence electrons. The standard InChI is InChI=1S/C8H6ClF3OS/c9-5-2-4-14-7(5)6(13)1-3-8(10,11)12/h2,4H,1,3H2. The van der Waals surface area contributed by atoms with Crippen molar-refractivity contribution in [1.82, 2.24) is 0 Å². The van der Waals surface area contributed by atoms with Gasteiger partial charge in [0.1, 0.15) is 0 Å². The van der Waals surface area contributed by atoms with Gasteiger partial charge in [0.05, 0.1) is 16.3 Å². The van der Waals surface area contributed by atoms with E-state index in [9.17, 15) is 18.0 Å². The molecule has 1 rings (SSSR count). The molecule has 0 spiro atoms. The van der Waals surface area contributed by atoms with Crippen LogP contribution in [-0.2, 0) is 0 Å². The Kier molecular flexibility index (Phi) is 3.55. The van der Waals surface area contributed by atoms with Crippen LogP contribution in [0.5, 0.6) is 0 Å². The number of carbonyl (C=O) groups excluding carboxylic acids is 1. The Labute approximate surface area is 87.5 Å². The van der Waals surface area contributed by atoms with Crippen molar-refractivity contribution in [2.24, 2.45) is 0 Å². The number of alkyl halides is 3. The monoisotopic (exact) mass is 242 g/mol. The molecular weight excluding hydrogens is 237 g/mol. The van der Waals surface area contributed by atoms with Gasteiger partial charge in [-0.05, 0) is 11.4 Å². The second-order valence-electron chi connectivity index (χ2n) is 2.64. The Morgan fingerprint density at radius 2 is 2.14 bits per heavy atom. The fourth-order valence-corrected chi connectivity index (χ4v) is 1.99. The molecule has 0 amide bonds. The Morgan fingerprint density at radius 1 is 1.50 bits per heavy atom. The molecule has 0 aliphatic carbocycles. The molecule has 0 fully saturated rings. The van der Waals surface area contributed by atoms with Gasteiger partial charge in [-0.1, -0.05) is 11.6 Å². The molecule has 0 bridgehead atoms. The highest BCUT2D eigenvalue weighted by molar-refractivity contribution is 7.12. The summed E-state index contributed by atoms with van der Waals surface area (Å²) in [5.41, 5.74) is 0. The van der Waals surface area contributed by atoms with Gasteiger partial charge in [-0.2, -0.15) is 13.2 Å². The summed E-state index contributed by atoms with van der Waals surface area (Å²) in [5, 5.41) is 1.80. The molecule has 0 atom stereocenters. The molecule has 6 heteroatoms. The number of thiophene rings is 1. The average Bonchev–Trinajstić information content (AvgIpc) is 2.46. The van der Waals surface area contributed by atoms with Gasteiger partial charge >= 0.3 is 6.18 Å². The molecule has 1 aromatic heterocycles. The maximum Gasteiger partial charge on any atom is 0.389 e. The van der Waals surface area contributed by atoms with Crippen LogP contribution in [0.2, 0.25) is 5.02 Å². The van der Waals surface area contributed by atoms with Gasteiger partial charge in [0.15, 0.2) is 5.78 Å². The van der Waals surface area contributed by atoms with Crippen LogP contribution >= 0.6 is 22.9 Å². The van der Waals surface area contributed by atoms with E-state index >= 15 is 0 Å². The molecule has 1 heterocycles. The van der Waals surface area contributed by atoms with Crippen LogP contribution in [0.3, 0.4) is 0 Å². The third-order valence-corrected chi connectivity index (χ3v) is 2.89. The van der Waals surface area contributed by atoms with E-state index in [4.69, 9.17) is 11.6 Å². The lowest BCUT2D eigenvalue weighted by molar-refractivity contribution is -0.133. The molecule has 0 saturated carbocycles. The maximum absolute atomic E-state index is 11.8. The minimum absolute atomic E-state index is 0.205. The summed E-state index contributed by atoms with van der Waals surface area (Å²) in [6.45, 7) is 0. The van der Waals surface area contributed by atoms with Gasteiger partial charge in [0.25, 0.3) is 0 Å². The van der Waals surface area contributed by atoms with E-state index in [2.05, 4.69) is 0 Å². The quantitative estimate of drug-likeness (QED) is 0.734. The van der Waals surface area contributed by atoms with Crippen LogP contribution in [0.15, 0.2) is 11.4 Å². The maximum atomic E-state index is 11.8. The van der Waals surface area contributed by atoms with Crippen molar-refractivity contribution in [3.63, 3.8) is 0 Å². The number of ketones is 1. The fraction of sp³-hybridized carbons (Fsp3) is 0.375. The number of hydrogen-bond acceptors (Lipinski definition) is 2. The van der Waals surface area contributed by atoms with Crippen molar-refractivity contribution in [2.75, 3.05) is 0 Å². The number of Topliss-reactive ketones (excluding diaryl/α,β-unsaturated/α-hetero) is 1. The highest BCUT2D eigenvalue weighted by Gasteiger charge is 2.28. The highest BCUT2D eigenvalue weighted by atomic mass is 35.5. The first kappa shape index (κ1) is 11.5. The van der Waals surface area contributed by atoms with Crippen molar-refractivity contribution in [1.29, 1.82) is 0 Å². The van der Waals surface area contributed by atoms with Crippen LogP contribution in [0.4, 0.5) is 13.2 Å². The van der Waals surface area contributed by atoms with Crippen molar-refractivity contribution >= 4 is 28.7 Å². The summed E-state index contributed by atoms with van der Waals surface area (Å²) in [4.78, 5) is 11.4. The summed E-state index contributed by atoms with van der Waals surface area (Å²) in [6, 6.07) is 1.49. The molecule has 14 heavy (non-hydrogen) atoms. The molecule has 0 aliphatic heterocycles. The molecule has 0 saturated heterocycles. The topological polar surface area (TPSA) is 17.1 Å². The fourth-order valence-electron chi connectivity index (χ4n) is 0.861. The van der Waals surface area contributed by atoms with E-state index < -0.39 is 24.8 Å². The molecule has 0 radical (unpaired) electrons. The Morgan fingerprint density at radius 3 is 2.57 bits per heavy atom. The lowest BCUT2D eigenvalue weighted by Gasteiger charge is -2.04. The van der Waals surface area contributed by atoms with Crippen molar-refractivity contribution < 1.29 is 18.0 Å². The Balaban J connectivity index is 2.56. The lowest BCUT2D eigenvalue weighted by Crippen LogP contribution is -2.10. The smallest absolute Gasteiger partial charge is 0.293 e. The predicted molar refractivity (Wildman–Crippen MR) is 48.9 cm³/mol. The minimum Gasteiger partial charge on any atom is -0.293 e. The highest BCUT2D eigenvalue weighted by Crippen LogP contribution is 2.27. The van der Waals surface area contributed by atoms with E-state index in [0.717, 1.165) is 11.3 Å². The second-order valence-corrected chi connectivity index (χ2v) is 3.96. The van der Waals surface area contributed by atoms with Gasteiger partial charge < -0.3 is 0 Å². The minimum atomic E-state index is -4.29. The van der Waals surface area contributed by atoms with Crippen molar-refractivity contribution in [3.8, 4) is 0 Å². The number of halogens is 4. The van der Waals surface area contributed by atoms with Crippen LogP contribution in [0, 0.1) is 0 Å². The summed E-state index contributed by atoms with van der Waals surface area (Å²) in [7, 11) is 0. The lowest BCUT2D eigenvalue weighted by atomic mass is 10.2. The molecule has 0 unspecified atom stereocenters. The summed E-state index contributed by atoms with van der Waals surface area (Å²) in [6.07, 6.45) is -5.93. The first-order valence-corrected chi connectivity index (χ1v) is 4.99. The molecule has 1 aromatic rings. The van der Waals surface area contributed by atoms with Crippen LogP contribution in [0.25, 0.3) is 0 Å². The summed E-state index contributed by atoms with van der Waals surface area (Å²) in [5.74, 6) is -0.553. The van der Waals surface area contributed by atoms with Gasteiger partial charge in [-0.15, -0.1) is 11.3 Å². The van der Waals surface area contributed by atoms with Gasteiger partial charge in [0.2, 0.25) is 0 Å². The first-order valence-electron chi connectivity index (χ1n) is 3.73. The number of hydrogen-bond donors (Lipinski definition) is 0. The largest absolute Gasteiger partial charge is 0.389 e.